The number of carbonyl (C=O) groups excluding carboxylic acids is 1. The van der Waals surface area contributed by atoms with Gasteiger partial charge in [0.1, 0.15) is 6.29 Å². The van der Waals surface area contributed by atoms with Gasteiger partial charge in [-0.15, -0.1) is 0 Å². The number of nitrogens with one attached hydrogen (secondary N) is 1. The van der Waals surface area contributed by atoms with Gasteiger partial charge in [0.15, 0.2) is 6.21 Å². The highest BCUT2D eigenvalue weighted by Gasteiger charge is 1.83. The first kappa shape index (κ1) is 12.8. The Morgan fingerprint density at radius 1 is 1.18 bits per heavy atom. The summed E-state index contributed by atoms with van der Waals surface area (Å²) in [7, 11) is 0. The van der Waals surface area contributed by atoms with Crippen molar-refractivity contribution in [2.75, 3.05) is 0 Å². The van der Waals surface area contributed by atoms with E-state index in [0.717, 1.165) is 6.29 Å². The largest absolute Gasteiger partial charge is 0.626 e. The fourth-order valence-corrected chi connectivity index (χ4v) is 0.136. The van der Waals surface area contributed by atoms with E-state index in [-0.39, 0.29) is 5.92 Å². The van der Waals surface area contributed by atoms with Crippen LogP contribution in [0, 0.1) is 17.0 Å². The predicted octanol–water partition coefficient (Wildman–Crippen LogP) is 0.133. The Balaban J connectivity index is 0. The molecule has 0 aliphatic carbocycles. The van der Waals surface area contributed by atoms with Gasteiger partial charge in [-0.3, -0.25) is 0 Å². The van der Waals surface area contributed by atoms with Gasteiger partial charge in [-0.2, -0.15) is 0 Å². The molecule has 0 atom stereocenters. The maximum Gasteiger partial charge on any atom is 0.151 e. The van der Waals surface area contributed by atoms with Crippen LogP contribution in [0.2, 0.25) is 0 Å². The molecule has 0 aromatic heterocycles. The van der Waals surface area contributed by atoms with E-state index in [0.29, 0.717) is 5.92 Å². The summed E-state index contributed by atoms with van der Waals surface area (Å²) in [6, 6.07) is 0. The maximum atomic E-state index is 9.50. The van der Waals surface area contributed by atoms with Gasteiger partial charge in [-0.25, -0.2) is 5.16 Å². The lowest BCUT2D eigenvalue weighted by atomic mass is 10.3. The van der Waals surface area contributed by atoms with Crippen molar-refractivity contribution >= 4 is 12.5 Å². The molecule has 0 amide bonds. The van der Waals surface area contributed by atoms with Crippen molar-refractivity contribution in [1.82, 2.24) is 0 Å². The van der Waals surface area contributed by atoms with Crippen molar-refractivity contribution < 1.29 is 9.95 Å². The molecule has 0 heterocycles. The third kappa shape index (κ3) is 27.2. The maximum absolute atomic E-state index is 9.50. The highest BCUT2D eigenvalue weighted by Crippen LogP contribution is 1.78. The molecule has 11 heavy (non-hydrogen) atoms. The van der Waals surface area contributed by atoms with Gasteiger partial charge >= 0.3 is 0 Å². The number of carbonyl (C=O) groups is 1. The van der Waals surface area contributed by atoms with E-state index in [2.05, 4.69) is 0 Å². The summed E-state index contributed by atoms with van der Waals surface area (Å²) in [6.07, 6.45) is 2.40. The molecule has 1 N–H and O–H groups in total. The van der Waals surface area contributed by atoms with Crippen LogP contribution >= 0.6 is 0 Å². The summed E-state index contributed by atoms with van der Waals surface area (Å²) in [5.41, 5.74) is 0. The molecule has 3 nitrogen and oxygen atoms in total. The molecule has 0 rings (SSSR count). The molecular weight excluding hydrogens is 142 g/mol. The molecule has 0 aromatic carbocycles. The molecule has 66 valence electrons. The zero-order chi connectivity index (χ0) is 9.28. The summed E-state index contributed by atoms with van der Waals surface area (Å²) in [5.74, 6) is 0.553. The Kier molecular flexibility index (Phi) is 10.6. The Bertz CT molecular complexity index is 109. The summed E-state index contributed by atoms with van der Waals surface area (Å²) < 4.78 is 0. The lowest BCUT2D eigenvalue weighted by Gasteiger charge is -1.83. The van der Waals surface area contributed by atoms with Crippen LogP contribution in [0.4, 0.5) is 0 Å². The minimum atomic E-state index is 0.204. The smallest absolute Gasteiger partial charge is 0.151 e. The summed E-state index contributed by atoms with van der Waals surface area (Å²) >= 11 is 0. The predicted molar refractivity (Wildman–Crippen MR) is 46.1 cm³/mol. The van der Waals surface area contributed by atoms with Gasteiger partial charge < -0.3 is 10.0 Å². The van der Waals surface area contributed by atoms with Crippen LogP contribution in [0.15, 0.2) is 0 Å². The third-order valence-electron chi connectivity index (χ3n) is 0.674. The molecule has 0 aromatic rings. The first-order valence-electron chi connectivity index (χ1n) is 3.70. The van der Waals surface area contributed by atoms with Crippen molar-refractivity contribution in [3.8, 4) is 0 Å². The van der Waals surface area contributed by atoms with Gasteiger partial charge in [0.2, 0.25) is 0 Å². The minimum absolute atomic E-state index is 0.204. The SMILES string of the molecule is CC(C)C=O.CC(C)C=[NH+][O-]. The fourth-order valence-electron chi connectivity index (χ4n) is 0.136. The van der Waals surface area contributed by atoms with Gasteiger partial charge in [0.05, 0.1) is 0 Å². The van der Waals surface area contributed by atoms with E-state index in [1.807, 2.05) is 27.7 Å². The van der Waals surface area contributed by atoms with E-state index < -0.39 is 0 Å². The van der Waals surface area contributed by atoms with Gasteiger partial charge in [0.25, 0.3) is 0 Å². The van der Waals surface area contributed by atoms with Crippen LogP contribution < -0.4 is 5.16 Å². The average molecular weight is 159 g/mol. The quantitative estimate of drug-likeness (QED) is 0.269. The van der Waals surface area contributed by atoms with Gasteiger partial charge in [0, 0.05) is 11.8 Å². The van der Waals surface area contributed by atoms with Crippen molar-refractivity contribution in [2.24, 2.45) is 11.8 Å². The molecular formula is C8H17NO2. The number of hydrogen-bond acceptors (Lipinski definition) is 2. The van der Waals surface area contributed by atoms with E-state index in [9.17, 15) is 10.0 Å². The third-order valence-corrected chi connectivity index (χ3v) is 0.674. The zero-order valence-corrected chi connectivity index (χ0v) is 7.63. The van der Waals surface area contributed by atoms with E-state index in [4.69, 9.17) is 0 Å². The number of hydrogen-bond donors (Lipinski definition) is 1. The molecule has 0 bridgehead atoms. The molecule has 0 aliphatic heterocycles. The average Bonchev–Trinajstić information content (AvgIpc) is 1.89. The number of rotatable bonds is 2. The second-order valence-electron chi connectivity index (χ2n) is 2.91. The van der Waals surface area contributed by atoms with Crippen molar-refractivity contribution in [2.45, 2.75) is 27.7 Å². The molecule has 0 radical (unpaired) electrons. The summed E-state index contributed by atoms with van der Waals surface area (Å²) in [6.45, 7) is 7.58. The first-order chi connectivity index (χ1) is 5.04. The normalized spacial score (nSPS) is 10.0. The lowest BCUT2D eigenvalue weighted by molar-refractivity contribution is -0.370. The molecule has 3 heteroatoms. The topological polar surface area (TPSA) is 54.1 Å². The minimum Gasteiger partial charge on any atom is -0.626 e. The Hall–Kier alpha value is -0.860. The van der Waals surface area contributed by atoms with E-state index in [1.54, 1.807) is 5.16 Å². The molecule has 0 fully saturated rings. The van der Waals surface area contributed by atoms with E-state index in [1.165, 1.54) is 6.21 Å². The molecule has 0 saturated carbocycles. The van der Waals surface area contributed by atoms with Crippen LogP contribution in [0.1, 0.15) is 27.7 Å². The first-order valence-corrected chi connectivity index (χ1v) is 3.70. The zero-order valence-electron chi connectivity index (χ0n) is 7.63. The molecule has 0 aliphatic rings. The highest BCUT2D eigenvalue weighted by molar-refractivity contribution is 5.52. The monoisotopic (exact) mass is 159 g/mol. The fraction of sp³-hybridized carbons (Fsp3) is 0.750. The van der Waals surface area contributed by atoms with Crippen molar-refractivity contribution in [3.63, 3.8) is 0 Å². The van der Waals surface area contributed by atoms with Gasteiger partial charge in [-0.05, 0) is 0 Å². The highest BCUT2D eigenvalue weighted by atomic mass is 16.4. The molecule has 0 unspecified atom stereocenters. The Morgan fingerprint density at radius 2 is 1.55 bits per heavy atom. The van der Waals surface area contributed by atoms with Crippen LogP contribution in [0.5, 0.6) is 0 Å². The summed E-state index contributed by atoms with van der Waals surface area (Å²) in [4.78, 5) is 9.50. The van der Waals surface area contributed by atoms with Crippen LogP contribution in [0.25, 0.3) is 0 Å². The number of aldehydes is 1. The second kappa shape index (κ2) is 9.14. The van der Waals surface area contributed by atoms with Crippen LogP contribution in [-0.2, 0) is 4.79 Å². The Labute approximate surface area is 68.1 Å². The van der Waals surface area contributed by atoms with Gasteiger partial charge in [-0.1, -0.05) is 27.7 Å². The second-order valence-corrected chi connectivity index (χ2v) is 2.91. The summed E-state index contributed by atoms with van der Waals surface area (Å²) in [5, 5.41) is 11.1. The van der Waals surface area contributed by atoms with Crippen molar-refractivity contribution in [3.05, 3.63) is 5.21 Å². The van der Waals surface area contributed by atoms with E-state index >= 15 is 0 Å². The van der Waals surface area contributed by atoms with Crippen molar-refractivity contribution in [1.29, 1.82) is 0 Å². The van der Waals surface area contributed by atoms with Crippen LogP contribution in [-0.4, -0.2) is 12.5 Å². The van der Waals surface area contributed by atoms with Crippen LogP contribution in [0.3, 0.4) is 0 Å². The molecule has 0 spiro atoms. The lowest BCUT2D eigenvalue weighted by Crippen LogP contribution is -2.61. The standard InChI is InChI=1S/C4H9NO.C4H8O/c1-4(2)3-5-6;1-4(2)3-5/h3-5H,1-2H3;3-4H,1-2H3. The Morgan fingerprint density at radius 3 is 1.55 bits per heavy atom. The molecule has 0 saturated heterocycles.